The molecule has 6 aromatic rings. The molecule has 12 nitrogen and oxygen atoms in total. The van der Waals surface area contributed by atoms with Gasteiger partial charge < -0.3 is 29.7 Å². The molecule has 3 amide bonds. The number of aromatic amines is 2. The fourth-order valence-electron chi connectivity index (χ4n) is 7.84. The Balaban J connectivity index is 0.976. The first-order valence-corrected chi connectivity index (χ1v) is 21.1. The largest absolute Gasteiger partial charge is 0.453 e. The Hall–Kier alpha value is -5.21. The fraction of sp³-hybridized carbons (Fsp3) is 0.405. The van der Waals surface area contributed by atoms with E-state index in [0.29, 0.717) is 19.7 Å². The Morgan fingerprint density at radius 1 is 0.857 bits per heavy atom. The van der Waals surface area contributed by atoms with Crippen LogP contribution in [0.25, 0.3) is 53.9 Å². The van der Waals surface area contributed by atoms with Gasteiger partial charge in [0.2, 0.25) is 5.91 Å². The van der Waals surface area contributed by atoms with Gasteiger partial charge in [-0.1, -0.05) is 58.0 Å². The number of likely N-dealkylation sites (tertiary alicyclic amines) is 2. The van der Waals surface area contributed by atoms with E-state index in [2.05, 4.69) is 68.5 Å². The van der Waals surface area contributed by atoms with Crippen molar-refractivity contribution in [3.05, 3.63) is 71.1 Å². The molecule has 6 heterocycles. The molecule has 4 aromatic heterocycles. The van der Waals surface area contributed by atoms with Gasteiger partial charge in [0, 0.05) is 35.0 Å². The summed E-state index contributed by atoms with van der Waals surface area (Å²) in [6, 6.07) is 13.9. The maximum absolute atomic E-state index is 13.6. The van der Waals surface area contributed by atoms with Crippen LogP contribution < -0.4 is 5.32 Å². The lowest BCUT2D eigenvalue weighted by Gasteiger charge is -2.30. The van der Waals surface area contributed by atoms with E-state index in [4.69, 9.17) is 19.4 Å². The zero-order chi connectivity index (χ0) is 39.1. The number of rotatable bonds is 10. The third kappa shape index (κ3) is 7.27. The minimum atomic E-state index is -0.677. The second-order valence-electron chi connectivity index (χ2n) is 15.4. The van der Waals surface area contributed by atoms with Crippen molar-refractivity contribution in [2.75, 3.05) is 26.8 Å². The average molecular weight is 794 g/mol. The number of imidazole rings is 2. The van der Waals surface area contributed by atoms with E-state index in [-0.39, 0.29) is 35.9 Å². The molecule has 3 N–H and O–H groups in total. The maximum atomic E-state index is 13.6. The number of benzene rings is 2. The first kappa shape index (κ1) is 37.7. The maximum Gasteiger partial charge on any atom is 0.410 e. The summed E-state index contributed by atoms with van der Waals surface area (Å²) in [5.74, 6) is 1.61. The molecule has 2 aromatic carbocycles. The molecule has 2 fully saturated rings. The Morgan fingerprint density at radius 2 is 1.50 bits per heavy atom. The second kappa shape index (κ2) is 15.7. The van der Waals surface area contributed by atoms with Crippen LogP contribution in [-0.2, 0) is 14.3 Å². The fourth-order valence-corrected chi connectivity index (χ4v) is 10.3. The molecule has 8 rings (SSSR count). The van der Waals surface area contributed by atoms with Crippen molar-refractivity contribution in [3.63, 3.8) is 0 Å². The number of ether oxygens (including phenoxy) is 2. The molecule has 0 saturated carbocycles. The smallest absolute Gasteiger partial charge is 0.410 e. The standard InChI is InChI=1S/C42H47N7O5S2/c1-23(2)20-54-42(52)49-17-7-9-34(49)39-44-30-15-14-27(18-31(30)45-39)29-22-56-36-28(21-55-37(29)36)25-10-12-26(13-11-25)32-19-43-38(46-32)33-8-6-16-48(33)40(50)35(24(3)4)47-41(51)53-5/h10-15,18-19,21-24,33-35H,6-9,16-17,20H2,1-5H3,(H,43,46)(H,44,45)(H,47,51). The van der Waals surface area contributed by atoms with Gasteiger partial charge in [0.25, 0.3) is 0 Å². The van der Waals surface area contributed by atoms with E-state index < -0.39 is 12.1 Å². The van der Waals surface area contributed by atoms with Crippen LogP contribution >= 0.6 is 22.7 Å². The van der Waals surface area contributed by atoms with Crippen LogP contribution in [0.3, 0.4) is 0 Å². The first-order chi connectivity index (χ1) is 27.1. The summed E-state index contributed by atoms with van der Waals surface area (Å²) in [5, 5.41) is 7.18. The van der Waals surface area contributed by atoms with Gasteiger partial charge in [-0.25, -0.2) is 19.6 Å². The average Bonchev–Trinajstić information content (AvgIpc) is 4.04. The molecule has 3 atom stereocenters. The van der Waals surface area contributed by atoms with Crippen LogP contribution in [-0.4, -0.2) is 80.7 Å². The highest BCUT2D eigenvalue weighted by molar-refractivity contribution is 7.27. The zero-order valence-electron chi connectivity index (χ0n) is 32.3. The number of hydrogen-bond donors (Lipinski definition) is 3. The Kier molecular flexibility index (Phi) is 10.6. The normalized spacial score (nSPS) is 17.8. The number of nitrogens with one attached hydrogen (secondary N) is 3. The summed E-state index contributed by atoms with van der Waals surface area (Å²) in [7, 11) is 1.30. The van der Waals surface area contributed by atoms with Gasteiger partial charge in [-0.2, -0.15) is 0 Å². The van der Waals surface area contributed by atoms with Crippen LogP contribution in [0.5, 0.6) is 0 Å². The minimum absolute atomic E-state index is 0.0950. The molecule has 292 valence electrons. The van der Waals surface area contributed by atoms with E-state index in [1.54, 1.807) is 27.6 Å². The summed E-state index contributed by atoms with van der Waals surface area (Å²) in [6.07, 6.45) is 4.38. The topological polar surface area (TPSA) is 146 Å². The van der Waals surface area contributed by atoms with E-state index in [1.165, 1.54) is 27.6 Å². The van der Waals surface area contributed by atoms with Crippen molar-refractivity contribution in [2.24, 2.45) is 11.8 Å². The van der Waals surface area contributed by atoms with Crippen LogP contribution in [0, 0.1) is 11.8 Å². The molecule has 2 aliphatic heterocycles. The van der Waals surface area contributed by atoms with E-state index in [0.717, 1.165) is 70.7 Å². The van der Waals surface area contributed by atoms with Crippen molar-refractivity contribution >= 4 is 61.2 Å². The molecule has 0 bridgehead atoms. The number of methoxy groups -OCH3 is 1. The number of fused-ring (bicyclic) bond motifs is 2. The van der Waals surface area contributed by atoms with Gasteiger partial charge in [-0.05, 0) is 66.3 Å². The molecule has 0 spiro atoms. The quantitative estimate of drug-likeness (QED) is 0.125. The van der Waals surface area contributed by atoms with Gasteiger partial charge >= 0.3 is 12.2 Å². The van der Waals surface area contributed by atoms with Crippen molar-refractivity contribution < 1.29 is 23.9 Å². The van der Waals surface area contributed by atoms with E-state index in [9.17, 15) is 14.4 Å². The molecular formula is C42H47N7O5S2. The number of carbonyl (C=O) groups is 3. The summed E-state index contributed by atoms with van der Waals surface area (Å²) >= 11 is 3.51. The Labute approximate surface area is 333 Å². The predicted molar refractivity (Wildman–Crippen MR) is 221 cm³/mol. The third-order valence-corrected chi connectivity index (χ3v) is 12.9. The zero-order valence-corrected chi connectivity index (χ0v) is 33.9. The molecular weight excluding hydrogens is 747 g/mol. The number of H-pyrrole nitrogens is 2. The number of carbonyl (C=O) groups excluding carboxylic acids is 3. The van der Waals surface area contributed by atoms with Crippen molar-refractivity contribution in [1.29, 1.82) is 0 Å². The number of hydrogen-bond acceptors (Lipinski definition) is 9. The molecule has 0 aliphatic carbocycles. The Bertz CT molecular complexity index is 2370. The molecule has 56 heavy (non-hydrogen) atoms. The van der Waals surface area contributed by atoms with Crippen molar-refractivity contribution in [2.45, 2.75) is 71.5 Å². The SMILES string of the molecule is COC(=O)NC(C(=O)N1CCCC1c1ncc(-c2ccc(-c3csc4c(-c5ccc6nc(C7CCCN7C(=O)OCC(C)C)[nH]c6c5)csc34)cc2)[nH]1)C(C)C. The van der Waals surface area contributed by atoms with Crippen molar-refractivity contribution in [3.8, 4) is 33.5 Å². The molecule has 2 aliphatic rings. The predicted octanol–water partition coefficient (Wildman–Crippen LogP) is 9.54. The monoisotopic (exact) mass is 793 g/mol. The van der Waals surface area contributed by atoms with Gasteiger partial charge in [0.15, 0.2) is 0 Å². The summed E-state index contributed by atoms with van der Waals surface area (Å²) < 4.78 is 12.8. The number of alkyl carbamates (subject to hydrolysis) is 1. The van der Waals surface area contributed by atoms with Crippen LogP contribution in [0.1, 0.15) is 77.1 Å². The number of thiophene rings is 2. The lowest BCUT2D eigenvalue weighted by atomic mass is 10.0. The summed E-state index contributed by atoms with van der Waals surface area (Å²) in [6.45, 7) is 9.59. The van der Waals surface area contributed by atoms with Crippen LogP contribution in [0.15, 0.2) is 59.4 Å². The molecule has 2 saturated heterocycles. The van der Waals surface area contributed by atoms with Crippen LogP contribution in [0.4, 0.5) is 9.59 Å². The highest BCUT2D eigenvalue weighted by Crippen LogP contribution is 2.45. The van der Waals surface area contributed by atoms with Gasteiger partial charge in [0.05, 0.1) is 58.1 Å². The Morgan fingerprint density at radius 3 is 2.18 bits per heavy atom. The molecule has 14 heteroatoms. The van der Waals surface area contributed by atoms with Crippen molar-refractivity contribution in [1.82, 2.24) is 35.1 Å². The van der Waals surface area contributed by atoms with E-state index in [1.807, 2.05) is 38.8 Å². The summed E-state index contributed by atoms with van der Waals surface area (Å²) in [4.78, 5) is 58.6. The van der Waals surface area contributed by atoms with Gasteiger partial charge in [-0.3, -0.25) is 9.69 Å². The van der Waals surface area contributed by atoms with Gasteiger partial charge in [0.1, 0.15) is 17.7 Å². The highest BCUT2D eigenvalue weighted by Gasteiger charge is 2.38. The third-order valence-electron chi connectivity index (χ3n) is 10.8. The number of aromatic nitrogens is 4. The lowest BCUT2D eigenvalue weighted by molar-refractivity contribution is -0.135. The first-order valence-electron chi connectivity index (χ1n) is 19.3. The second-order valence-corrected chi connectivity index (χ2v) is 17.2. The molecule has 3 unspecified atom stereocenters. The molecule has 0 radical (unpaired) electrons. The number of amides is 3. The number of nitrogens with zero attached hydrogens (tertiary/aromatic N) is 4. The van der Waals surface area contributed by atoms with Gasteiger partial charge in [-0.15, -0.1) is 22.7 Å². The van der Waals surface area contributed by atoms with Crippen LogP contribution in [0.2, 0.25) is 0 Å². The summed E-state index contributed by atoms with van der Waals surface area (Å²) in [5.41, 5.74) is 8.40. The minimum Gasteiger partial charge on any atom is -0.453 e. The highest BCUT2D eigenvalue weighted by atomic mass is 32.1. The van der Waals surface area contributed by atoms with E-state index >= 15 is 0 Å². The lowest BCUT2D eigenvalue weighted by Crippen LogP contribution is -2.51.